The molecule has 1 unspecified atom stereocenters. The van der Waals surface area contributed by atoms with Crippen LogP contribution in [0.4, 0.5) is 29.2 Å². The molecule has 188 valence electrons. The van der Waals surface area contributed by atoms with Gasteiger partial charge in [-0.15, -0.1) is 0 Å². The third-order valence-corrected chi connectivity index (χ3v) is 6.62. The highest BCUT2D eigenvalue weighted by Crippen LogP contribution is 2.34. The van der Waals surface area contributed by atoms with E-state index in [1.165, 1.54) is 24.7 Å². The highest BCUT2D eigenvalue weighted by atomic mass is 32.2. The number of benzene rings is 1. The molecule has 0 spiro atoms. The van der Waals surface area contributed by atoms with Crippen molar-refractivity contribution in [3.8, 4) is 0 Å². The lowest BCUT2D eigenvalue weighted by Gasteiger charge is -2.37. The second kappa shape index (κ2) is 10.0. The fourth-order valence-corrected chi connectivity index (χ4v) is 4.51. The van der Waals surface area contributed by atoms with Crippen LogP contribution < -0.4 is 10.2 Å². The predicted octanol–water partition coefficient (Wildman–Crippen LogP) is 4.09. The summed E-state index contributed by atoms with van der Waals surface area (Å²) in [5.41, 5.74) is -0.664. The number of rotatable bonds is 8. The minimum Gasteiger partial charge on any atom is -0.377 e. The second-order valence-electron chi connectivity index (χ2n) is 9.16. The fourth-order valence-electron chi connectivity index (χ4n) is 3.58. The summed E-state index contributed by atoms with van der Waals surface area (Å²) in [7, 11) is -3.12. The van der Waals surface area contributed by atoms with E-state index in [0.29, 0.717) is 25.1 Å². The molecular formula is C22H28F4N4O3S. The molecule has 1 aliphatic rings. The highest BCUT2D eigenvalue weighted by Gasteiger charge is 2.33. The first-order valence-electron chi connectivity index (χ1n) is 10.7. The molecule has 1 atom stereocenters. The number of nitrogens with one attached hydrogen (secondary N) is 1. The molecule has 1 fully saturated rings. The van der Waals surface area contributed by atoms with Crippen molar-refractivity contribution in [2.75, 3.05) is 48.5 Å². The van der Waals surface area contributed by atoms with Crippen molar-refractivity contribution < 1.29 is 30.7 Å². The van der Waals surface area contributed by atoms with Crippen LogP contribution in [0.25, 0.3) is 0 Å². The van der Waals surface area contributed by atoms with E-state index in [4.69, 9.17) is 4.74 Å². The van der Waals surface area contributed by atoms with Gasteiger partial charge in [-0.05, 0) is 29.5 Å². The van der Waals surface area contributed by atoms with E-state index in [0.717, 1.165) is 12.1 Å². The smallest absolute Gasteiger partial charge is 0.377 e. The average Bonchev–Trinajstić information content (AvgIpc) is 2.76. The van der Waals surface area contributed by atoms with E-state index in [-0.39, 0.29) is 30.5 Å². The Morgan fingerprint density at radius 1 is 1.18 bits per heavy atom. The first-order valence-corrected chi connectivity index (χ1v) is 12.8. The molecule has 1 aliphatic heterocycles. The van der Waals surface area contributed by atoms with Gasteiger partial charge in [-0.3, -0.25) is 0 Å². The first-order chi connectivity index (χ1) is 15.8. The zero-order valence-electron chi connectivity index (χ0n) is 19.2. The van der Waals surface area contributed by atoms with Crippen molar-refractivity contribution in [1.29, 1.82) is 0 Å². The molecule has 1 aromatic heterocycles. The highest BCUT2D eigenvalue weighted by molar-refractivity contribution is 7.90. The summed E-state index contributed by atoms with van der Waals surface area (Å²) in [6, 6.07) is 4.17. The molecule has 0 saturated carbocycles. The van der Waals surface area contributed by atoms with Crippen LogP contribution in [0.3, 0.4) is 0 Å². The summed E-state index contributed by atoms with van der Waals surface area (Å²) in [5, 5.41) is 2.94. The van der Waals surface area contributed by atoms with E-state index in [2.05, 4.69) is 15.3 Å². The van der Waals surface area contributed by atoms with Gasteiger partial charge in [0.2, 0.25) is 5.82 Å². The molecule has 12 heteroatoms. The Labute approximate surface area is 196 Å². The molecule has 0 bridgehead atoms. The monoisotopic (exact) mass is 504 g/mol. The van der Waals surface area contributed by atoms with Gasteiger partial charge in [-0.1, -0.05) is 26.0 Å². The van der Waals surface area contributed by atoms with E-state index in [9.17, 15) is 21.6 Å². The van der Waals surface area contributed by atoms with Crippen molar-refractivity contribution in [3.05, 3.63) is 47.5 Å². The Kier molecular flexibility index (Phi) is 7.71. The summed E-state index contributed by atoms with van der Waals surface area (Å²) in [4.78, 5) is 9.73. The number of aromatic nitrogens is 2. The van der Waals surface area contributed by atoms with E-state index < -0.39 is 38.9 Å². The average molecular weight is 505 g/mol. The Balaban J connectivity index is 1.79. The van der Waals surface area contributed by atoms with Crippen LogP contribution >= 0.6 is 0 Å². The normalized spacial score (nSPS) is 17.6. The van der Waals surface area contributed by atoms with Gasteiger partial charge in [-0.25, -0.2) is 18.4 Å². The zero-order chi connectivity index (χ0) is 25.1. The summed E-state index contributed by atoms with van der Waals surface area (Å²) in [6.07, 6.45) is -1.68. The summed E-state index contributed by atoms with van der Waals surface area (Å²) >= 11 is 0. The van der Waals surface area contributed by atoms with Gasteiger partial charge in [0.25, 0.3) is 0 Å². The van der Waals surface area contributed by atoms with Gasteiger partial charge < -0.3 is 15.0 Å². The van der Waals surface area contributed by atoms with Crippen molar-refractivity contribution in [3.63, 3.8) is 0 Å². The maximum absolute atomic E-state index is 15.4. The lowest BCUT2D eigenvalue weighted by Crippen LogP contribution is -2.40. The molecule has 7 nitrogen and oxygen atoms in total. The van der Waals surface area contributed by atoms with Crippen LogP contribution in [0.1, 0.15) is 37.4 Å². The molecule has 3 rings (SSSR count). The van der Waals surface area contributed by atoms with Crippen LogP contribution in [-0.2, 0) is 20.8 Å². The largest absolute Gasteiger partial charge is 0.416 e. The number of hydrogen-bond donors (Lipinski definition) is 1. The number of ether oxygens (including phenoxy) is 1. The van der Waals surface area contributed by atoms with Gasteiger partial charge in [0.1, 0.15) is 16.2 Å². The molecule has 0 aliphatic carbocycles. The van der Waals surface area contributed by atoms with Crippen molar-refractivity contribution in [2.24, 2.45) is 5.41 Å². The van der Waals surface area contributed by atoms with Gasteiger partial charge in [0, 0.05) is 19.3 Å². The predicted molar refractivity (Wildman–Crippen MR) is 121 cm³/mol. The van der Waals surface area contributed by atoms with Crippen molar-refractivity contribution in [2.45, 2.75) is 32.5 Å². The molecule has 1 aromatic carbocycles. The SMILES string of the molecule is CC(C)(CCS(C)(=O)=O)CNc1ncnc(N2CCOCC2c2ccc(C(F)(F)F)cc2)c1F. The number of alkyl halides is 3. The maximum Gasteiger partial charge on any atom is 0.416 e. The minimum absolute atomic E-state index is 0.0136. The van der Waals surface area contributed by atoms with Crippen LogP contribution in [0.15, 0.2) is 30.6 Å². The standard InChI is InChI=1S/C22H28F4N4O3S/c1-21(2,8-11-34(3,31)32)13-27-19-18(23)20(29-14-28-19)30-9-10-33-12-17(30)15-4-6-16(7-5-15)22(24,25)26/h4-7,14,17H,8-13H2,1-3H3,(H,27,28,29). The van der Waals surface area contributed by atoms with Crippen molar-refractivity contribution in [1.82, 2.24) is 9.97 Å². The molecule has 34 heavy (non-hydrogen) atoms. The first kappa shape index (κ1) is 26.1. The van der Waals surface area contributed by atoms with E-state index in [1.807, 2.05) is 13.8 Å². The lowest BCUT2D eigenvalue weighted by molar-refractivity contribution is -0.137. The third-order valence-electron chi connectivity index (χ3n) is 5.68. The van der Waals surface area contributed by atoms with Gasteiger partial charge >= 0.3 is 6.18 Å². The van der Waals surface area contributed by atoms with E-state index >= 15 is 4.39 Å². The number of anilines is 2. The molecule has 1 N–H and O–H groups in total. The van der Waals surface area contributed by atoms with Gasteiger partial charge in [0.15, 0.2) is 11.6 Å². The Bertz CT molecular complexity index is 1090. The molecule has 1 saturated heterocycles. The third kappa shape index (κ3) is 6.78. The van der Waals surface area contributed by atoms with Crippen LogP contribution in [0.2, 0.25) is 0 Å². The minimum atomic E-state index is -4.45. The van der Waals surface area contributed by atoms with Crippen LogP contribution in [0.5, 0.6) is 0 Å². The lowest BCUT2D eigenvalue weighted by atomic mass is 9.90. The maximum atomic E-state index is 15.4. The van der Waals surface area contributed by atoms with Gasteiger partial charge in [0.05, 0.1) is 30.6 Å². The summed E-state index contributed by atoms with van der Waals surface area (Å²) in [6.45, 7) is 4.78. The quantitative estimate of drug-likeness (QED) is 0.542. The molecule has 2 aromatic rings. The Hall–Kier alpha value is -2.47. The number of nitrogens with zero attached hydrogens (tertiary/aromatic N) is 3. The number of morpholine rings is 1. The second-order valence-corrected chi connectivity index (χ2v) is 11.4. The Morgan fingerprint density at radius 3 is 2.47 bits per heavy atom. The molecular weight excluding hydrogens is 476 g/mol. The Morgan fingerprint density at radius 2 is 1.85 bits per heavy atom. The topological polar surface area (TPSA) is 84.4 Å². The van der Waals surface area contributed by atoms with Gasteiger partial charge in [-0.2, -0.15) is 17.6 Å². The fraction of sp³-hybridized carbons (Fsp3) is 0.545. The number of halogens is 4. The van der Waals surface area contributed by atoms with Crippen LogP contribution in [0, 0.1) is 11.2 Å². The van der Waals surface area contributed by atoms with Crippen LogP contribution in [-0.4, -0.2) is 56.7 Å². The molecule has 0 radical (unpaired) electrons. The summed E-state index contributed by atoms with van der Waals surface area (Å²) < 4.78 is 82.6. The zero-order valence-corrected chi connectivity index (χ0v) is 20.0. The molecule has 0 amide bonds. The molecule has 2 heterocycles. The number of hydrogen-bond acceptors (Lipinski definition) is 7. The van der Waals surface area contributed by atoms with E-state index in [1.54, 1.807) is 4.90 Å². The summed E-state index contributed by atoms with van der Waals surface area (Å²) in [5.74, 6) is -0.697. The van der Waals surface area contributed by atoms with Crippen molar-refractivity contribution >= 4 is 21.5 Å². The number of sulfone groups is 1.